The summed E-state index contributed by atoms with van der Waals surface area (Å²) in [5, 5.41) is 11.5. The van der Waals surface area contributed by atoms with Crippen molar-refractivity contribution < 1.29 is 23.8 Å². The van der Waals surface area contributed by atoms with Crippen LogP contribution >= 0.6 is 11.3 Å². The molecule has 0 bridgehead atoms. The molecule has 2 heterocycles. The van der Waals surface area contributed by atoms with E-state index in [1.54, 1.807) is 37.4 Å². The highest BCUT2D eigenvalue weighted by atomic mass is 32.1. The largest absolute Gasteiger partial charge is 0.507 e. The molecule has 1 aliphatic carbocycles. The minimum atomic E-state index is -0.718. The summed E-state index contributed by atoms with van der Waals surface area (Å²) in [5.41, 5.74) is 1.12. The van der Waals surface area contributed by atoms with E-state index in [0.717, 1.165) is 32.1 Å². The standard InChI is InChI=1S/C25H23FN2O4S/c1-32-17-10-7-15(8-11-17)22(29)20-21(14-5-3-2-4-6-14)28(24(31)23(20)30)25-27-18-12-9-16(26)13-19(18)33-25/h7-14,21,29H,2-6H2,1H3/b22-20-. The van der Waals surface area contributed by atoms with Crippen LogP contribution in [0.3, 0.4) is 0 Å². The molecule has 1 atom stereocenters. The number of carbonyl (C=O) groups excluding carboxylic acids is 2. The first-order valence-corrected chi connectivity index (χ1v) is 11.8. The number of methoxy groups -OCH3 is 1. The molecule has 0 spiro atoms. The van der Waals surface area contributed by atoms with E-state index < -0.39 is 17.7 Å². The molecule has 3 aromatic rings. The first kappa shape index (κ1) is 21.6. The van der Waals surface area contributed by atoms with Crippen LogP contribution in [-0.4, -0.2) is 34.9 Å². The van der Waals surface area contributed by atoms with Gasteiger partial charge in [-0.25, -0.2) is 9.37 Å². The smallest absolute Gasteiger partial charge is 0.301 e. The Morgan fingerprint density at radius 3 is 2.55 bits per heavy atom. The fourth-order valence-electron chi connectivity index (χ4n) is 4.86. The highest BCUT2D eigenvalue weighted by Crippen LogP contribution is 2.43. The van der Waals surface area contributed by atoms with Crippen molar-refractivity contribution in [3.63, 3.8) is 0 Å². The zero-order chi connectivity index (χ0) is 23.1. The number of fused-ring (bicyclic) bond motifs is 1. The Morgan fingerprint density at radius 2 is 1.85 bits per heavy atom. The Hall–Kier alpha value is -3.26. The average molecular weight is 467 g/mol. The lowest BCUT2D eigenvalue weighted by Gasteiger charge is -2.32. The normalized spacial score (nSPS) is 21.2. The zero-order valence-corrected chi connectivity index (χ0v) is 18.9. The number of halogens is 1. The topological polar surface area (TPSA) is 79.7 Å². The molecule has 2 aliphatic rings. The van der Waals surface area contributed by atoms with Crippen LogP contribution in [0.25, 0.3) is 16.0 Å². The number of anilines is 1. The molecule has 1 saturated carbocycles. The number of hydrogen-bond acceptors (Lipinski definition) is 6. The molecule has 5 rings (SSSR count). The minimum absolute atomic E-state index is 0.0216. The summed E-state index contributed by atoms with van der Waals surface area (Å²) in [6.45, 7) is 0. The molecule has 0 radical (unpaired) electrons. The summed E-state index contributed by atoms with van der Waals surface area (Å²) in [7, 11) is 1.55. The summed E-state index contributed by atoms with van der Waals surface area (Å²) in [5.74, 6) is -1.36. The molecule has 8 heteroatoms. The number of Topliss-reactive ketones (excluding diaryl/α,β-unsaturated/α-hetero) is 1. The lowest BCUT2D eigenvalue weighted by atomic mass is 9.80. The number of ketones is 1. The number of thiazole rings is 1. The number of benzene rings is 2. The summed E-state index contributed by atoms with van der Waals surface area (Å²) >= 11 is 1.18. The van der Waals surface area contributed by atoms with Crippen LogP contribution in [0.15, 0.2) is 48.0 Å². The summed E-state index contributed by atoms with van der Waals surface area (Å²) in [6, 6.07) is 10.4. The van der Waals surface area contributed by atoms with Gasteiger partial charge in [-0.1, -0.05) is 30.6 Å². The van der Waals surface area contributed by atoms with Gasteiger partial charge < -0.3 is 9.84 Å². The minimum Gasteiger partial charge on any atom is -0.507 e. The Kier molecular flexibility index (Phi) is 5.62. The van der Waals surface area contributed by atoms with Gasteiger partial charge in [-0.05, 0) is 61.2 Å². The summed E-state index contributed by atoms with van der Waals surface area (Å²) < 4.78 is 19.5. The van der Waals surface area contributed by atoms with E-state index in [1.165, 1.54) is 28.4 Å². The average Bonchev–Trinajstić information content (AvgIpc) is 3.37. The van der Waals surface area contributed by atoms with Crippen molar-refractivity contribution in [2.24, 2.45) is 5.92 Å². The second kappa shape index (κ2) is 8.59. The van der Waals surface area contributed by atoms with E-state index in [2.05, 4.69) is 4.98 Å². The highest BCUT2D eigenvalue weighted by Gasteiger charge is 2.50. The first-order chi connectivity index (χ1) is 16.0. The van der Waals surface area contributed by atoms with Gasteiger partial charge in [-0.2, -0.15) is 0 Å². The molecule has 1 aliphatic heterocycles. The van der Waals surface area contributed by atoms with E-state index in [4.69, 9.17) is 4.74 Å². The first-order valence-electron chi connectivity index (χ1n) is 11.0. The molecule has 1 aromatic heterocycles. The fraction of sp³-hybridized carbons (Fsp3) is 0.320. The Bertz CT molecular complexity index is 1260. The van der Waals surface area contributed by atoms with Crippen molar-refractivity contribution >= 4 is 44.1 Å². The predicted molar refractivity (Wildman–Crippen MR) is 125 cm³/mol. The molecule has 33 heavy (non-hydrogen) atoms. The van der Waals surface area contributed by atoms with Gasteiger partial charge in [0.1, 0.15) is 17.3 Å². The van der Waals surface area contributed by atoms with E-state index in [9.17, 15) is 19.1 Å². The summed E-state index contributed by atoms with van der Waals surface area (Å²) in [6.07, 6.45) is 4.80. The van der Waals surface area contributed by atoms with Crippen LogP contribution in [0.4, 0.5) is 9.52 Å². The summed E-state index contributed by atoms with van der Waals surface area (Å²) in [4.78, 5) is 32.5. The molecule has 2 fully saturated rings. The SMILES string of the molecule is COc1ccc(/C(O)=C2/C(=O)C(=O)N(c3nc4ccc(F)cc4s3)C2C2CCCCC2)cc1. The van der Waals surface area contributed by atoms with Gasteiger partial charge in [-0.3, -0.25) is 14.5 Å². The van der Waals surface area contributed by atoms with Crippen LogP contribution in [-0.2, 0) is 9.59 Å². The number of carbonyl (C=O) groups is 2. The van der Waals surface area contributed by atoms with Crippen molar-refractivity contribution in [1.29, 1.82) is 0 Å². The number of aliphatic hydroxyl groups is 1. The van der Waals surface area contributed by atoms with E-state index in [-0.39, 0.29) is 23.1 Å². The fourth-order valence-corrected chi connectivity index (χ4v) is 5.88. The van der Waals surface area contributed by atoms with Crippen LogP contribution in [0.1, 0.15) is 37.7 Å². The van der Waals surface area contributed by atoms with Crippen LogP contribution < -0.4 is 9.64 Å². The molecule has 1 amide bonds. The third-order valence-corrected chi connectivity index (χ3v) is 7.51. The van der Waals surface area contributed by atoms with Gasteiger partial charge in [0.25, 0.3) is 5.78 Å². The second-order valence-electron chi connectivity index (χ2n) is 8.45. The Balaban J connectivity index is 1.64. The number of ether oxygens (including phenoxy) is 1. The third kappa shape index (κ3) is 3.78. The molecular formula is C25H23FN2O4S. The Morgan fingerprint density at radius 1 is 1.12 bits per heavy atom. The quantitative estimate of drug-likeness (QED) is 0.322. The van der Waals surface area contributed by atoms with Crippen molar-refractivity contribution in [3.8, 4) is 5.75 Å². The van der Waals surface area contributed by atoms with Gasteiger partial charge in [0.15, 0.2) is 5.13 Å². The molecule has 6 nitrogen and oxygen atoms in total. The molecule has 1 unspecified atom stereocenters. The maximum absolute atomic E-state index is 13.7. The molecule has 170 valence electrons. The van der Waals surface area contributed by atoms with Gasteiger partial charge >= 0.3 is 5.91 Å². The van der Waals surface area contributed by atoms with Gasteiger partial charge in [0.05, 0.1) is 28.9 Å². The van der Waals surface area contributed by atoms with E-state index in [0.29, 0.717) is 26.7 Å². The van der Waals surface area contributed by atoms with Crippen molar-refractivity contribution in [2.45, 2.75) is 38.1 Å². The van der Waals surface area contributed by atoms with Gasteiger partial charge in [0, 0.05) is 5.56 Å². The van der Waals surface area contributed by atoms with Gasteiger partial charge in [-0.15, -0.1) is 0 Å². The maximum atomic E-state index is 13.7. The number of nitrogens with zero attached hydrogens (tertiary/aromatic N) is 2. The van der Waals surface area contributed by atoms with Gasteiger partial charge in [0.2, 0.25) is 0 Å². The highest BCUT2D eigenvalue weighted by molar-refractivity contribution is 7.22. The van der Waals surface area contributed by atoms with Crippen molar-refractivity contribution in [3.05, 3.63) is 59.4 Å². The zero-order valence-electron chi connectivity index (χ0n) is 18.1. The molecular weight excluding hydrogens is 443 g/mol. The number of hydrogen-bond donors (Lipinski definition) is 1. The maximum Gasteiger partial charge on any atom is 0.301 e. The number of rotatable bonds is 4. The molecule has 1 N–H and O–H groups in total. The Labute approximate surface area is 194 Å². The number of aromatic nitrogens is 1. The monoisotopic (exact) mass is 466 g/mol. The van der Waals surface area contributed by atoms with E-state index in [1.807, 2.05) is 0 Å². The molecule has 1 saturated heterocycles. The third-order valence-electron chi connectivity index (χ3n) is 6.49. The molecule has 2 aromatic carbocycles. The van der Waals surface area contributed by atoms with Crippen LogP contribution in [0.5, 0.6) is 5.75 Å². The van der Waals surface area contributed by atoms with E-state index >= 15 is 0 Å². The van der Waals surface area contributed by atoms with Crippen molar-refractivity contribution in [2.75, 3.05) is 12.0 Å². The lowest BCUT2D eigenvalue weighted by Crippen LogP contribution is -2.40. The predicted octanol–water partition coefficient (Wildman–Crippen LogP) is 5.28. The van der Waals surface area contributed by atoms with Crippen molar-refractivity contribution in [1.82, 2.24) is 4.98 Å². The van der Waals surface area contributed by atoms with Crippen LogP contribution in [0.2, 0.25) is 0 Å². The van der Waals surface area contributed by atoms with Crippen LogP contribution in [0, 0.1) is 11.7 Å². The lowest BCUT2D eigenvalue weighted by molar-refractivity contribution is -0.132. The number of amides is 1. The second-order valence-corrected chi connectivity index (χ2v) is 9.46. The number of aliphatic hydroxyl groups excluding tert-OH is 1.